The summed E-state index contributed by atoms with van der Waals surface area (Å²) in [6, 6.07) is 12.4. The van der Waals surface area contributed by atoms with Crippen LogP contribution in [0.5, 0.6) is 0 Å². The van der Waals surface area contributed by atoms with Crippen LogP contribution in [0.1, 0.15) is 36.5 Å². The molecular formula is C20H25N3O3. The summed E-state index contributed by atoms with van der Waals surface area (Å²) in [7, 11) is 0. The lowest BCUT2D eigenvalue weighted by Gasteiger charge is -2.14. The first-order valence-corrected chi connectivity index (χ1v) is 8.67. The average molecular weight is 355 g/mol. The third kappa shape index (κ3) is 5.32. The molecule has 2 rings (SSSR count). The maximum atomic E-state index is 12.2. The van der Waals surface area contributed by atoms with Gasteiger partial charge >= 0.3 is 6.03 Å². The minimum atomic E-state index is -0.349. The quantitative estimate of drug-likeness (QED) is 0.612. The molecule has 0 bridgehead atoms. The standard InChI is InChI=1S/C20H25N3O3/c1-3-7-19(25)22-17-10-6-11-18(14(17)2)23-20(26)21-12-15-8-4-5-9-16(15)13-24/h4-6,8-11,24H,3,7,12-13H2,1-2H3,(H,22,25)(H2,21,23,26). The van der Waals surface area contributed by atoms with E-state index < -0.39 is 0 Å². The zero-order chi connectivity index (χ0) is 18.9. The number of amides is 3. The summed E-state index contributed by atoms with van der Waals surface area (Å²) in [4.78, 5) is 24.0. The first kappa shape index (κ1) is 19.5. The van der Waals surface area contributed by atoms with E-state index in [9.17, 15) is 14.7 Å². The molecule has 2 aromatic rings. The highest BCUT2D eigenvalue weighted by Crippen LogP contribution is 2.23. The maximum absolute atomic E-state index is 12.2. The van der Waals surface area contributed by atoms with E-state index in [1.54, 1.807) is 12.1 Å². The largest absolute Gasteiger partial charge is 0.392 e. The van der Waals surface area contributed by atoms with Crippen LogP contribution in [0.4, 0.5) is 16.2 Å². The van der Waals surface area contributed by atoms with Crippen LogP contribution in [-0.2, 0) is 17.9 Å². The molecule has 26 heavy (non-hydrogen) atoms. The molecule has 0 atom stereocenters. The second-order valence-corrected chi connectivity index (χ2v) is 6.01. The second-order valence-electron chi connectivity index (χ2n) is 6.01. The predicted molar refractivity (Wildman–Crippen MR) is 103 cm³/mol. The highest BCUT2D eigenvalue weighted by molar-refractivity contribution is 5.95. The fraction of sp³-hybridized carbons (Fsp3) is 0.300. The normalized spacial score (nSPS) is 10.3. The van der Waals surface area contributed by atoms with E-state index in [2.05, 4.69) is 16.0 Å². The van der Waals surface area contributed by atoms with Crippen molar-refractivity contribution in [3.05, 3.63) is 59.2 Å². The number of hydrogen-bond acceptors (Lipinski definition) is 3. The van der Waals surface area contributed by atoms with Gasteiger partial charge in [0.15, 0.2) is 0 Å². The molecule has 0 fully saturated rings. The molecule has 2 aromatic carbocycles. The molecule has 4 N–H and O–H groups in total. The van der Waals surface area contributed by atoms with Gasteiger partial charge in [-0.1, -0.05) is 37.3 Å². The summed E-state index contributed by atoms with van der Waals surface area (Å²) in [5.74, 6) is -0.0437. The Labute approximate surface area is 153 Å². The van der Waals surface area contributed by atoms with Crippen molar-refractivity contribution < 1.29 is 14.7 Å². The van der Waals surface area contributed by atoms with Gasteiger partial charge in [-0.2, -0.15) is 0 Å². The molecule has 0 unspecified atom stereocenters. The number of hydrogen-bond donors (Lipinski definition) is 4. The van der Waals surface area contributed by atoms with Gasteiger partial charge in [0, 0.05) is 24.3 Å². The van der Waals surface area contributed by atoms with Gasteiger partial charge in [0.05, 0.1) is 6.61 Å². The fourth-order valence-corrected chi connectivity index (χ4v) is 2.57. The molecule has 0 aliphatic carbocycles. The smallest absolute Gasteiger partial charge is 0.319 e. The highest BCUT2D eigenvalue weighted by atomic mass is 16.3. The topological polar surface area (TPSA) is 90.5 Å². The van der Waals surface area contributed by atoms with Gasteiger partial charge in [0.25, 0.3) is 0 Å². The summed E-state index contributed by atoms with van der Waals surface area (Å²) < 4.78 is 0. The average Bonchev–Trinajstić information content (AvgIpc) is 2.63. The number of aliphatic hydroxyl groups is 1. The van der Waals surface area contributed by atoms with Crippen molar-refractivity contribution in [1.82, 2.24) is 5.32 Å². The van der Waals surface area contributed by atoms with Gasteiger partial charge in [0.1, 0.15) is 0 Å². The number of carbonyl (C=O) groups is 2. The van der Waals surface area contributed by atoms with Crippen LogP contribution in [-0.4, -0.2) is 17.0 Å². The Balaban J connectivity index is 1.99. The van der Waals surface area contributed by atoms with Crippen molar-refractivity contribution in [1.29, 1.82) is 0 Å². The number of carbonyl (C=O) groups excluding carboxylic acids is 2. The van der Waals surface area contributed by atoms with E-state index in [1.807, 2.05) is 44.2 Å². The SMILES string of the molecule is CCCC(=O)Nc1cccc(NC(=O)NCc2ccccc2CO)c1C. The Morgan fingerprint density at radius 3 is 2.27 bits per heavy atom. The number of urea groups is 1. The molecule has 0 saturated carbocycles. The van der Waals surface area contributed by atoms with Crippen LogP contribution < -0.4 is 16.0 Å². The summed E-state index contributed by atoms with van der Waals surface area (Å²) in [6.45, 7) is 4.04. The van der Waals surface area contributed by atoms with Crippen molar-refractivity contribution in [2.24, 2.45) is 0 Å². The second kappa shape index (κ2) is 9.58. The van der Waals surface area contributed by atoms with Gasteiger partial charge in [-0.15, -0.1) is 0 Å². The van der Waals surface area contributed by atoms with Crippen LogP contribution >= 0.6 is 0 Å². The molecule has 6 heteroatoms. The Bertz CT molecular complexity index is 775. The van der Waals surface area contributed by atoms with Crippen LogP contribution in [0.25, 0.3) is 0 Å². The van der Waals surface area contributed by atoms with Gasteiger partial charge < -0.3 is 21.1 Å². The Hall–Kier alpha value is -2.86. The van der Waals surface area contributed by atoms with Crippen LogP contribution in [0, 0.1) is 6.92 Å². The maximum Gasteiger partial charge on any atom is 0.319 e. The van der Waals surface area contributed by atoms with Crippen molar-refractivity contribution >= 4 is 23.3 Å². The number of anilines is 2. The molecule has 0 aliphatic rings. The Morgan fingerprint density at radius 2 is 1.62 bits per heavy atom. The van der Waals surface area contributed by atoms with E-state index in [0.717, 1.165) is 23.1 Å². The van der Waals surface area contributed by atoms with Crippen LogP contribution in [0.15, 0.2) is 42.5 Å². The lowest BCUT2D eigenvalue weighted by Crippen LogP contribution is -2.29. The summed E-state index contributed by atoms with van der Waals surface area (Å²) >= 11 is 0. The highest BCUT2D eigenvalue weighted by Gasteiger charge is 2.10. The van der Waals surface area contributed by atoms with E-state index in [4.69, 9.17) is 0 Å². The first-order chi connectivity index (χ1) is 12.5. The summed E-state index contributed by atoms with van der Waals surface area (Å²) in [5.41, 5.74) is 3.76. The number of benzene rings is 2. The molecule has 138 valence electrons. The molecule has 0 spiro atoms. The number of rotatable bonds is 7. The van der Waals surface area contributed by atoms with Gasteiger partial charge in [0.2, 0.25) is 5.91 Å². The molecule has 6 nitrogen and oxygen atoms in total. The van der Waals surface area contributed by atoms with Crippen molar-refractivity contribution in [3.8, 4) is 0 Å². The van der Waals surface area contributed by atoms with Gasteiger partial charge in [-0.05, 0) is 42.2 Å². The van der Waals surface area contributed by atoms with Crippen LogP contribution in [0.3, 0.4) is 0 Å². The minimum absolute atomic E-state index is 0.0437. The molecule has 0 aromatic heterocycles. The van der Waals surface area contributed by atoms with E-state index >= 15 is 0 Å². The molecule has 0 heterocycles. The molecular weight excluding hydrogens is 330 g/mol. The third-order valence-corrected chi connectivity index (χ3v) is 4.06. The number of aliphatic hydroxyl groups excluding tert-OH is 1. The third-order valence-electron chi connectivity index (χ3n) is 4.06. The van der Waals surface area contributed by atoms with Crippen LogP contribution in [0.2, 0.25) is 0 Å². The van der Waals surface area contributed by atoms with Crippen molar-refractivity contribution in [2.45, 2.75) is 39.8 Å². The monoisotopic (exact) mass is 355 g/mol. The number of nitrogens with one attached hydrogen (secondary N) is 3. The predicted octanol–water partition coefficient (Wildman–Crippen LogP) is 3.55. The molecule has 0 radical (unpaired) electrons. The van der Waals surface area contributed by atoms with Crippen molar-refractivity contribution in [3.63, 3.8) is 0 Å². The minimum Gasteiger partial charge on any atom is -0.392 e. The van der Waals surface area contributed by atoms with Gasteiger partial charge in [-0.3, -0.25) is 4.79 Å². The van der Waals surface area contributed by atoms with E-state index in [1.165, 1.54) is 0 Å². The lowest BCUT2D eigenvalue weighted by atomic mass is 10.1. The Kier molecular flexibility index (Phi) is 7.17. The fourth-order valence-electron chi connectivity index (χ4n) is 2.57. The zero-order valence-corrected chi connectivity index (χ0v) is 15.1. The lowest BCUT2D eigenvalue weighted by molar-refractivity contribution is -0.116. The molecule has 0 aliphatic heterocycles. The zero-order valence-electron chi connectivity index (χ0n) is 15.1. The van der Waals surface area contributed by atoms with Crippen molar-refractivity contribution in [2.75, 3.05) is 10.6 Å². The summed E-state index contributed by atoms with van der Waals surface area (Å²) in [5, 5.41) is 17.8. The first-order valence-electron chi connectivity index (χ1n) is 8.67. The van der Waals surface area contributed by atoms with E-state index in [0.29, 0.717) is 24.3 Å². The van der Waals surface area contributed by atoms with Gasteiger partial charge in [-0.25, -0.2) is 4.79 Å². The van der Waals surface area contributed by atoms with E-state index in [-0.39, 0.29) is 18.5 Å². The molecule has 0 saturated heterocycles. The Morgan fingerprint density at radius 1 is 0.962 bits per heavy atom. The molecule has 3 amide bonds. The summed E-state index contributed by atoms with van der Waals surface area (Å²) in [6.07, 6.45) is 1.24.